The molecule has 1 aliphatic carbocycles. The molecule has 0 bridgehead atoms. The van der Waals surface area contributed by atoms with Crippen LogP contribution in [-0.2, 0) is 33.8 Å². The highest BCUT2D eigenvalue weighted by atomic mass is 35.5. The van der Waals surface area contributed by atoms with Crippen LogP contribution >= 0.6 is 23.2 Å². The van der Waals surface area contributed by atoms with Crippen LogP contribution in [0.1, 0.15) is 75.7 Å². The summed E-state index contributed by atoms with van der Waals surface area (Å²) in [5.74, 6) is -2.22. The number of H-pyrrole nitrogens is 2. The third-order valence-electron chi connectivity index (χ3n) is 9.30. The predicted octanol–water partition coefficient (Wildman–Crippen LogP) is 5.74. The molecule has 4 aromatic rings. The van der Waals surface area contributed by atoms with Crippen molar-refractivity contribution in [1.82, 2.24) is 31.1 Å². The van der Waals surface area contributed by atoms with E-state index in [1.54, 1.807) is 12.1 Å². The maximum absolute atomic E-state index is 14.6. The van der Waals surface area contributed by atoms with Gasteiger partial charge < -0.3 is 30.1 Å². The van der Waals surface area contributed by atoms with E-state index in [1.165, 1.54) is 0 Å². The fraction of sp³-hybridized carbons (Fsp3) is 0.441. The second-order valence-electron chi connectivity index (χ2n) is 12.5. The van der Waals surface area contributed by atoms with Gasteiger partial charge >= 0.3 is 11.8 Å². The summed E-state index contributed by atoms with van der Waals surface area (Å²) in [4.78, 5) is 56.9. The Hall–Kier alpha value is -4.29. The molecule has 3 amide bonds. The van der Waals surface area contributed by atoms with Gasteiger partial charge in [0.2, 0.25) is 17.7 Å². The zero-order chi connectivity index (χ0) is 34.6. The zero-order valence-electron chi connectivity index (χ0n) is 27.2. The first-order valence-electron chi connectivity index (χ1n) is 16.1. The van der Waals surface area contributed by atoms with Crippen molar-refractivity contribution < 1.29 is 23.5 Å². The van der Waals surface area contributed by atoms with Gasteiger partial charge in [-0.25, -0.2) is 14.7 Å². The normalized spacial score (nSPS) is 18.3. The molecule has 2 heterocycles. The van der Waals surface area contributed by atoms with Crippen LogP contribution in [0, 0.1) is 11.8 Å². The molecule has 0 saturated heterocycles. The van der Waals surface area contributed by atoms with Gasteiger partial charge in [-0.1, -0.05) is 94.1 Å². The number of aryl methyl sites for hydroxylation is 1. The van der Waals surface area contributed by atoms with Gasteiger partial charge in [-0.3, -0.25) is 9.59 Å². The van der Waals surface area contributed by atoms with Gasteiger partial charge in [0.05, 0.1) is 10.5 Å². The van der Waals surface area contributed by atoms with Gasteiger partial charge in [-0.2, -0.15) is 0 Å². The molecule has 5 atom stereocenters. The van der Waals surface area contributed by atoms with Crippen LogP contribution in [-0.4, -0.2) is 44.7 Å². The summed E-state index contributed by atoms with van der Waals surface area (Å²) in [5, 5.41) is 16.7. The Balaban J connectivity index is 1.48. The molecule has 0 saturated carbocycles. The topological polar surface area (TPSA) is 171 Å². The molecular weight excluding hydrogens is 659 g/mol. The number of rotatable bonds is 12. The van der Waals surface area contributed by atoms with Gasteiger partial charge in [0, 0.05) is 22.5 Å². The van der Waals surface area contributed by atoms with Gasteiger partial charge in [0.15, 0.2) is 0 Å². The fourth-order valence-electron chi connectivity index (χ4n) is 6.07. The highest BCUT2D eigenvalue weighted by Gasteiger charge is 2.47. The standard InChI is InChI=1S/C34H40Cl2N6O6/c1-5-18(3)26(39-32(45)47-17-20-10-8-7-9-11-20)29(43)40-34(31(44)38-27(19(4)6-2)30-41-42-33(46)48-30)13-12-25-23(16-34)22-14-21(35)15-24(36)28(22)37-25/h7-11,14-15,18-19,26-27,37H,5-6,12-13,16-17H2,1-4H3,(H,38,44)(H,39,45)(H,40,43)(H,42,46)/t18?,19-,26?,27-,34-/m0/s1. The number of fused-ring (bicyclic) bond motifs is 3. The molecule has 2 aromatic carbocycles. The summed E-state index contributed by atoms with van der Waals surface area (Å²) >= 11 is 12.9. The number of nitrogens with zero attached hydrogens (tertiary/aromatic N) is 1. The number of aromatic nitrogens is 3. The Bertz CT molecular complexity index is 1840. The summed E-state index contributed by atoms with van der Waals surface area (Å²) in [7, 11) is 0. The predicted molar refractivity (Wildman–Crippen MR) is 182 cm³/mol. The van der Waals surface area contributed by atoms with Crippen molar-refractivity contribution in [2.24, 2.45) is 11.8 Å². The average molecular weight is 700 g/mol. The Morgan fingerprint density at radius 3 is 2.46 bits per heavy atom. The smallest absolute Gasteiger partial charge is 0.434 e. The lowest BCUT2D eigenvalue weighted by Gasteiger charge is -2.39. The van der Waals surface area contributed by atoms with Crippen LogP contribution in [0.3, 0.4) is 0 Å². The van der Waals surface area contributed by atoms with Crippen molar-refractivity contribution in [1.29, 1.82) is 0 Å². The van der Waals surface area contributed by atoms with Crippen molar-refractivity contribution in [3.8, 4) is 0 Å². The maximum Gasteiger partial charge on any atom is 0.434 e. The van der Waals surface area contributed by atoms with E-state index < -0.39 is 41.3 Å². The summed E-state index contributed by atoms with van der Waals surface area (Å²) < 4.78 is 10.7. The molecule has 2 unspecified atom stereocenters. The van der Waals surface area contributed by atoms with Gasteiger partial charge in [0.25, 0.3) is 0 Å². The number of alkyl carbamates (subject to hydrolysis) is 1. The van der Waals surface area contributed by atoms with E-state index >= 15 is 0 Å². The number of benzene rings is 2. The third kappa shape index (κ3) is 7.55. The quantitative estimate of drug-likeness (QED) is 0.126. The number of nitrogens with one attached hydrogen (secondary N) is 5. The SMILES string of the molecule is CCC(C)C(NC(=O)OCc1ccccc1)C(=O)N[C@@]1(C(=O)N[C@H](c2n[nH]c(=O)o2)[C@@H](C)CC)CCc2[nH]c3c(Cl)cc(Cl)cc3c2C1. The van der Waals surface area contributed by atoms with Crippen molar-refractivity contribution in [2.75, 3.05) is 0 Å². The Kier molecular flexibility index (Phi) is 10.8. The van der Waals surface area contributed by atoms with E-state index in [0.717, 1.165) is 22.2 Å². The van der Waals surface area contributed by atoms with Gasteiger partial charge in [0.1, 0.15) is 24.2 Å². The first kappa shape index (κ1) is 35.0. The van der Waals surface area contributed by atoms with Crippen LogP contribution < -0.4 is 21.7 Å². The number of carbonyl (C=O) groups is 3. The van der Waals surface area contributed by atoms with Crippen molar-refractivity contribution >= 4 is 52.0 Å². The molecule has 2 aromatic heterocycles. The van der Waals surface area contributed by atoms with Crippen molar-refractivity contribution in [3.05, 3.63) is 85.8 Å². The first-order valence-corrected chi connectivity index (χ1v) is 16.8. The molecule has 0 spiro atoms. The van der Waals surface area contributed by atoms with Crippen LogP contribution in [0.15, 0.2) is 51.7 Å². The molecule has 14 heteroatoms. The summed E-state index contributed by atoms with van der Waals surface area (Å²) in [6.45, 7) is 7.62. The molecule has 12 nitrogen and oxygen atoms in total. The summed E-state index contributed by atoms with van der Waals surface area (Å²) in [6, 6.07) is 10.9. The lowest BCUT2D eigenvalue weighted by molar-refractivity contribution is -0.136. The second-order valence-corrected chi connectivity index (χ2v) is 13.3. The van der Waals surface area contributed by atoms with Crippen LogP contribution in [0.4, 0.5) is 4.79 Å². The van der Waals surface area contributed by atoms with E-state index in [0.29, 0.717) is 34.8 Å². The minimum atomic E-state index is -1.47. The largest absolute Gasteiger partial charge is 0.445 e. The monoisotopic (exact) mass is 698 g/mol. The van der Waals surface area contributed by atoms with Gasteiger partial charge in [-0.05, 0) is 47.9 Å². The van der Waals surface area contributed by atoms with E-state index in [9.17, 15) is 19.2 Å². The van der Waals surface area contributed by atoms with Crippen LogP contribution in [0.25, 0.3) is 10.9 Å². The minimum absolute atomic E-state index is 0.0304. The molecule has 48 heavy (non-hydrogen) atoms. The highest BCUT2D eigenvalue weighted by Crippen LogP contribution is 2.39. The Morgan fingerprint density at radius 2 is 1.79 bits per heavy atom. The minimum Gasteiger partial charge on any atom is -0.445 e. The van der Waals surface area contributed by atoms with Crippen molar-refractivity contribution in [3.63, 3.8) is 0 Å². The van der Waals surface area contributed by atoms with E-state index in [1.807, 2.05) is 58.0 Å². The first-order chi connectivity index (χ1) is 22.9. The highest BCUT2D eigenvalue weighted by molar-refractivity contribution is 6.38. The zero-order valence-corrected chi connectivity index (χ0v) is 28.8. The van der Waals surface area contributed by atoms with Gasteiger partial charge in [-0.15, -0.1) is 5.10 Å². The van der Waals surface area contributed by atoms with E-state index in [4.69, 9.17) is 32.4 Å². The number of aromatic amines is 2. The lowest BCUT2D eigenvalue weighted by atomic mass is 9.78. The molecule has 5 N–H and O–H groups in total. The molecule has 1 aliphatic rings. The number of amides is 3. The van der Waals surface area contributed by atoms with Crippen LogP contribution in [0.2, 0.25) is 10.0 Å². The third-order valence-corrected chi connectivity index (χ3v) is 9.82. The summed E-state index contributed by atoms with van der Waals surface area (Å²) in [6.07, 6.45) is 1.16. The van der Waals surface area contributed by atoms with E-state index in [2.05, 4.69) is 31.1 Å². The maximum atomic E-state index is 14.6. The van der Waals surface area contributed by atoms with Crippen LogP contribution in [0.5, 0.6) is 0 Å². The number of hydrogen-bond acceptors (Lipinski definition) is 7. The Labute approximate surface area is 287 Å². The number of ether oxygens (including phenoxy) is 1. The van der Waals surface area contributed by atoms with E-state index in [-0.39, 0.29) is 37.2 Å². The number of halogens is 2. The molecule has 0 fully saturated rings. The second kappa shape index (κ2) is 14.9. The Morgan fingerprint density at radius 1 is 1.06 bits per heavy atom. The fourth-order valence-corrected chi connectivity index (χ4v) is 6.61. The molecule has 256 valence electrons. The average Bonchev–Trinajstić information content (AvgIpc) is 3.67. The van der Waals surface area contributed by atoms with Crippen molar-refractivity contribution in [2.45, 2.75) is 84.0 Å². The lowest BCUT2D eigenvalue weighted by Crippen LogP contribution is -2.65. The number of hydrogen-bond donors (Lipinski definition) is 5. The number of carbonyl (C=O) groups excluding carboxylic acids is 3. The summed E-state index contributed by atoms with van der Waals surface area (Å²) in [5.41, 5.74) is 1.68. The molecule has 0 aliphatic heterocycles. The molecule has 0 radical (unpaired) electrons. The molecular formula is C34H40Cl2N6O6. The molecule has 5 rings (SSSR count).